The predicted octanol–water partition coefficient (Wildman–Crippen LogP) is 1.74. The van der Waals surface area contributed by atoms with E-state index in [2.05, 4.69) is 20.3 Å². The summed E-state index contributed by atoms with van der Waals surface area (Å²) in [6.45, 7) is 8.00. The molecule has 0 saturated heterocycles. The summed E-state index contributed by atoms with van der Waals surface area (Å²) in [7, 11) is -3.38. The van der Waals surface area contributed by atoms with Gasteiger partial charge in [0.15, 0.2) is 18.0 Å². The Morgan fingerprint density at radius 3 is 2.04 bits per heavy atom. The van der Waals surface area contributed by atoms with Crippen molar-refractivity contribution in [3.63, 3.8) is 0 Å². The smallest absolute Gasteiger partial charge is 0.342 e. The number of rotatable bonds is 19. The van der Waals surface area contributed by atoms with Crippen LogP contribution < -0.4 is 15.9 Å². The molecule has 2 heterocycles. The molecule has 2 rings (SSSR count). The molecule has 0 radical (unpaired) electrons. The lowest BCUT2D eigenvalue weighted by molar-refractivity contribution is -0.193. The Balaban J connectivity index is 2.69. The van der Waals surface area contributed by atoms with Crippen molar-refractivity contribution in [3.05, 3.63) is 24.2 Å². The Labute approximate surface area is 272 Å². The van der Waals surface area contributed by atoms with Crippen LogP contribution in [0.25, 0.3) is 5.52 Å². The number of nitriles is 1. The fourth-order valence-electron chi connectivity index (χ4n) is 4.16. The van der Waals surface area contributed by atoms with Crippen molar-refractivity contribution < 1.29 is 52.0 Å². The highest BCUT2D eigenvalue weighted by Gasteiger charge is 2.52. The van der Waals surface area contributed by atoms with Crippen molar-refractivity contribution in [1.82, 2.24) is 24.8 Å². The molecule has 0 unspecified atom stereocenters. The molecule has 5 atom stereocenters. The number of nitrogens with one attached hydrogen (secondary N) is 2. The van der Waals surface area contributed by atoms with Gasteiger partial charge in [0.2, 0.25) is 5.60 Å². The van der Waals surface area contributed by atoms with Gasteiger partial charge in [-0.2, -0.15) is 10.4 Å². The third kappa shape index (κ3) is 9.92. The zero-order valence-corrected chi connectivity index (χ0v) is 28.3. The number of hydrogen-bond donors (Lipinski definition) is 3. The summed E-state index contributed by atoms with van der Waals surface area (Å²) in [5.74, 6) is -3.05. The molecule has 0 bridgehead atoms. The van der Waals surface area contributed by atoms with Gasteiger partial charge >= 0.3 is 31.5 Å². The van der Waals surface area contributed by atoms with E-state index in [0.717, 1.165) is 13.4 Å². The highest BCUT2D eigenvalue weighted by Crippen LogP contribution is 2.43. The Morgan fingerprint density at radius 2 is 1.55 bits per heavy atom. The monoisotopic (exact) mass is 683 g/mol. The quantitative estimate of drug-likeness (QED) is 0.108. The minimum atomic E-state index is -4.48. The molecule has 0 fully saturated rings. The first-order valence-corrected chi connectivity index (χ1v) is 16.4. The maximum absolute atomic E-state index is 14.2. The molecule has 19 heteroatoms. The summed E-state index contributed by atoms with van der Waals surface area (Å²) >= 11 is 0. The normalized spacial score (nSPS) is 15.4. The number of nitrogens with two attached hydrogens (primary N) is 1. The molecular weight excluding hydrogens is 641 g/mol. The van der Waals surface area contributed by atoms with Gasteiger partial charge in [-0.1, -0.05) is 13.8 Å². The molecule has 0 saturated carbocycles. The van der Waals surface area contributed by atoms with Crippen LogP contribution in [0.15, 0.2) is 18.5 Å². The number of aromatic nitrogens is 3. The van der Waals surface area contributed by atoms with E-state index in [1.54, 1.807) is 13.8 Å². The number of carbonyl (C=O) groups is 4. The van der Waals surface area contributed by atoms with E-state index in [4.69, 9.17) is 33.9 Å². The zero-order chi connectivity index (χ0) is 35.4. The fourth-order valence-corrected chi connectivity index (χ4v) is 5.99. The number of esters is 4. The van der Waals surface area contributed by atoms with Gasteiger partial charge in [-0.05, 0) is 39.8 Å². The summed E-state index contributed by atoms with van der Waals surface area (Å²) < 4.78 is 48.3. The molecule has 0 aliphatic carbocycles. The van der Waals surface area contributed by atoms with Crippen molar-refractivity contribution in [2.75, 3.05) is 32.7 Å². The van der Waals surface area contributed by atoms with Gasteiger partial charge in [-0.25, -0.2) is 19.7 Å². The van der Waals surface area contributed by atoms with Crippen molar-refractivity contribution in [3.8, 4) is 6.07 Å². The minimum absolute atomic E-state index is 0.0250. The minimum Gasteiger partial charge on any atom is -0.465 e. The van der Waals surface area contributed by atoms with Gasteiger partial charge in [0.25, 0.3) is 0 Å². The first kappa shape index (κ1) is 39.0. The lowest BCUT2D eigenvalue weighted by atomic mass is 9.92. The summed E-state index contributed by atoms with van der Waals surface area (Å²) in [6, 6.07) is 2.46. The number of methoxy groups -OCH3 is 1. The average Bonchev–Trinajstić information content (AvgIpc) is 3.48. The molecule has 0 aliphatic rings. The van der Waals surface area contributed by atoms with Gasteiger partial charge in [-0.15, -0.1) is 0 Å². The Bertz CT molecular complexity index is 1470. The Kier molecular flexibility index (Phi) is 14.7. The molecule has 0 amide bonds. The van der Waals surface area contributed by atoms with Gasteiger partial charge in [-0.3, -0.25) is 23.7 Å². The van der Waals surface area contributed by atoms with E-state index in [1.165, 1.54) is 44.3 Å². The number of ether oxygens (including phenoxy) is 5. The van der Waals surface area contributed by atoms with Gasteiger partial charge in [0, 0.05) is 20.0 Å². The largest absolute Gasteiger partial charge is 0.465 e. The lowest BCUT2D eigenvalue weighted by Crippen LogP contribution is -2.54. The van der Waals surface area contributed by atoms with Crippen molar-refractivity contribution in [2.24, 2.45) is 0 Å². The highest BCUT2D eigenvalue weighted by atomic mass is 31.2. The van der Waals surface area contributed by atoms with Crippen LogP contribution in [0.1, 0.15) is 66.2 Å². The third-order valence-electron chi connectivity index (χ3n) is 6.65. The third-order valence-corrected chi connectivity index (χ3v) is 8.60. The molecule has 0 aliphatic heterocycles. The van der Waals surface area contributed by atoms with E-state index in [1.807, 2.05) is 6.07 Å². The van der Waals surface area contributed by atoms with Crippen LogP contribution in [-0.4, -0.2) is 89.2 Å². The van der Waals surface area contributed by atoms with E-state index >= 15 is 0 Å². The Morgan fingerprint density at radius 1 is 1.00 bits per heavy atom. The van der Waals surface area contributed by atoms with Crippen LogP contribution in [-0.2, 0) is 52.0 Å². The van der Waals surface area contributed by atoms with Crippen molar-refractivity contribution >= 4 is 42.9 Å². The zero-order valence-electron chi connectivity index (χ0n) is 27.4. The van der Waals surface area contributed by atoms with Crippen molar-refractivity contribution in [2.45, 2.75) is 84.3 Å². The maximum atomic E-state index is 14.2. The fraction of sp³-hybridized carbons (Fsp3) is 0.607. The Hall–Kier alpha value is -4.14. The molecule has 47 heavy (non-hydrogen) atoms. The number of hydrogen-bond acceptors (Lipinski definition) is 15. The molecule has 0 spiro atoms. The second-order valence-electron chi connectivity index (χ2n) is 9.96. The van der Waals surface area contributed by atoms with Crippen LogP contribution in [0.2, 0.25) is 0 Å². The molecular formula is C28H42N7O11P. The van der Waals surface area contributed by atoms with Gasteiger partial charge < -0.3 is 33.9 Å². The first-order valence-electron chi connectivity index (χ1n) is 14.8. The van der Waals surface area contributed by atoms with Crippen LogP contribution in [0.5, 0.6) is 0 Å². The summed E-state index contributed by atoms with van der Waals surface area (Å²) in [5, 5.41) is 19.7. The topological polar surface area (TPSA) is 245 Å². The SMILES string of the molecule is CCOC(=O)[C@H](C)NP(=O)(N[C@@H](C)C(=O)OCC)OC[C@@](C#N)(OC)[C@@H](OC(=O)CC)[C@@H](OC(=O)CC)c1ccc2c(N)ncnn12. The van der Waals surface area contributed by atoms with Gasteiger partial charge in [0.1, 0.15) is 36.6 Å². The number of nitrogens with zero attached hydrogens (tertiary/aromatic N) is 4. The number of nitrogen functional groups attached to an aromatic ring is 1. The maximum Gasteiger partial charge on any atom is 0.342 e. The summed E-state index contributed by atoms with van der Waals surface area (Å²) in [5.41, 5.74) is 4.09. The predicted molar refractivity (Wildman–Crippen MR) is 164 cm³/mol. The first-order chi connectivity index (χ1) is 22.2. The van der Waals surface area contributed by atoms with Crippen LogP contribution in [0.3, 0.4) is 0 Å². The van der Waals surface area contributed by atoms with Crippen LogP contribution in [0, 0.1) is 11.3 Å². The molecule has 2 aromatic heterocycles. The van der Waals surface area contributed by atoms with Gasteiger partial charge in [0.05, 0.1) is 18.9 Å². The molecule has 260 valence electrons. The number of anilines is 1. The summed E-state index contributed by atoms with van der Waals surface area (Å²) in [4.78, 5) is 54.3. The second-order valence-corrected chi connectivity index (χ2v) is 11.8. The molecule has 18 nitrogen and oxygen atoms in total. The van der Waals surface area contributed by atoms with E-state index in [-0.39, 0.29) is 37.6 Å². The van der Waals surface area contributed by atoms with E-state index < -0.39 is 68.0 Å². The second kappa shape index (κ2) is 17.7. The van der Waals surface area contributed by atoms with Crippen molar-refractivity contribution in [1.29, 1.82) is 5.26 Å². The summed E-state index contributed by atoms with van der Waals surface area (Å²) in [6.07, 6.45) is -2.44. The molecule has 0 aromatic carbocycles. The highest BCUT2D eigenvalue weighted by molar-refractivity contribution is 7.54. The average molecular weight is 684 g/mol. The molecule has 4 N–H and O–H groups in total. The standard InChI is InChI=1S/C28H42N7O11P/c1-8-21(36)45-23(19-12-13-20-25(30)31-16-32-35(19)20)24(46-22(37)9-2)28(14-29,41-7)15-44-47(40,33-17(5)26(38)42-10-3)34-18(6)27(39)43-11-4/h12-13,16-18,23-24H,8-11,15H2,1-7H3,(H2,30,31,32)(H2,33,34,40)/t17-,18-,23-,24-,28+/m0/s1. The van der Waals surface area contributed by atoms with Crippen LogP contribution in [0.4, 0.5) is 5.82 Å². The lowest BCUT2D eigenvalue weighted by Gasteiger charge is -2.38. The molecule has 2 aromatic rings. The number of carbonyl (C=O) groups excluding carboxylic acids is 4. The van der Waals surface area contributed by atoms with E-state index in [0.29, 0.717) is 5.52 Å². The van der Waals surface area contributed by atoms with Crippen LogP contribution >= 0.6 is 7.67 Å². The number of fused-ring (bicyclic) bond motifs is 1. The van der Waals surface area contributed by atoms with E-state index in [9.17, 15) is 29.0 Å².